The molecule has 0 spiro atoms. The van der Waals surface area contributed by atoms with Gasteiger partial charge in [-0.15, -0.1) is 0 Å². The zero-order valence-electron chi connectivity index (χ0n) is 9.07. The van der Waals surface area contributed by atoms with Gasteiger partial charge < -0.3 is 14.8 Å². The second kappa shape index (κ2) is 4.45. The topological polar surface area (TPSA) is 30.5 Å². The summed E-state index contributed by atoms with van der Waals surface area (Å²) in [4.78, 5) is 0. The summed E-state index contributed by atoms with van der Waals surface area (Å²) in [6.07, 6.45) is 1.23. The minimum atomic E-state index is 0.571. The molecule has 1 atom stereocenters. The summed E-state index contributed by atoms with van der Waals surface area (Å²) in [7, 11) is 0. The van der Waals surface area contributed by atoms with Crippen LogP contribution in [-0.4, -0.2) is 30.8 Å². The fourth-order valence-corrected chi connectivity index (χ4v) is 3.21. The quantitative estimate of drug-likeness (QED) is 0.855. The maximum atomic E-state index is 5.67. The van der Waals surface area contributed by atoms with E-state index in [0.717, 1.165) is 17.2 Å². The molecule has 1 aromatic rings. The second-order valence-corrected chi connectivity index (χ2v) is 5.18. The molecule has 0 radical (unpaired) electrons. The third-order valence-electron chi connectivity index (χ3n) is 2.86. The maximum absolute atomic E-state index is 5.67. The van der Waals surface area contributed by atoms with E-state index in [2.05, 4.69) is 11.4 Å². The van der Waals surface area contributed by atoms with Crippen molar-refractivity contribution in [3.8, 4) is 11.5 Å². The number of ether oxygens (including phenoxy) is 2. The predicted octanol–water partition coefficient (Wildman–Crippen LogP) is 2.38. The molecule has 4 heteroatoms. The molecular formula is C12H15NO2S. The van der Waals surface area contributed by atoms with Gasteiger partial charge in [0.25, 0.3) is 0 Å². The van der Waals surface area contributed by atoms with Crippen LogP contribution >= 0.6 is 11.8 Å². The summed E-state index contributed by atoms with van der Waals surface area (Å²) in [5, 5.41) is 3.54. The SMILES string of the molecule is c1cc(NC2CCSC2)c2c(c1)OCCO2. The molecule has 1 fully saturated rings. The number of thioether (sulfide) groups is 1. The van der Waals surface area contributed by atoms with Crippen molar-refractivity contribution in [3.63, 3.8) is 0 Å². The average molecular weight is 237 g/mol. The highest BCUT2D eigenvalue weighted by Crippen LogP contribution is 2.38. The lowest BCUT2D eigenvalue weighted by Crippen LogP contribution is -2.21. The van der Waals surface area contributed by atoms with Gasteiger partial charge in [-0.1, -0.05) is 6.07 Å². The first-order chi connectivity index (χ1) is 7.93. The fourth-order valence-electron chi connectivity index (χ4n) is 2.06. The maximum Gasteiger partial charge on any atom is 0.184 e. The van der Waals surface area contributed by atoms with Crippen molar-refractivity contribution < 1.29 is 9.47 Å². The van der Waals surface area contributed by atoms with Crippen LogP contribution in [0.5, 0.6) is 11.5 Å². The Kier molecular flexibility index (Phi) is 2.82. The lowest BCUT2D eigenvalue weighted by Gasteiger charge is -2.23. The molecule has 0 saturated carbocycles. The number of anilines is 1. The predicted molar refractivity (Wildman–Crippen MR) is 66.8 cm³/mol. The minimum Gasteiger partial charge on any atom is -0.486 e. The first-order valence-electron chi connectivity index (χ1n) is 5.66. The Labute approximate surface area is 99.5 Å². The summed E-state index contributed by atoms with van der Waals surface area (Å²) in [5.41, 5.74) is 1.07. The zero-order chi connectivity index (χ0) is 10.8. The molecule has 16 heavy (non-hydrogen) atoms. The molecule has 3 rings (SSSR count). The molecule has 0 aliphatic carbocycles. The molecular weight excluding hydrogens is 222 g/mol. The number of hydrogen-bond acceptors (Lipinski definition) is 4. The van der Waals surface area contributed by atoms with E-state index in [1.54, 1.807) is 0 Å². The van der Waals surface area contributed by atoms with Crippen molar-refractivity contribution >= 4 is 17.4 Å². The fraction of sp³-hybridized carbons (Fsp3) is 0.500. The molecule has 2 aliphatic heterocycles. The Bertz CT molecular complexity index is 377. The van der Waals surface area contributed by atoms with E-state index in [1.165, 1.54) is 17.9 Å². The molecule has 0 amide bonds. The highest BCUT2D eigenvalue weighted by molar-refractivity contribution is 7.99. The normalized spacial score (nSPS) is 23.1. The van der Waals surface area contributed by atoms with Crippen LogP contribution in [0.2, 0.25) is 0 Å². The first-order valence-corrected chi connectivity index (χ1v) is 6.82. The van der Waals surface area contributed by atoms with Gasteiger partial charge in [0.05, 0.1) is 5.69 Å². The van der Waals surface area contributed by atoms with Crippen molar-refractivity contribution in [1.82, 2.24) is 0 Å². The van der Waals surface area contributed by atoms with E-state index in [4.69, 9.17) is 9.47 Å². The van der Waals surface area contributed by atoms with Gasteiger partial charge in [-0.25, -0.2) is 0 Å². The van der Waals surface area contributed by atoms with Crippen molar-refractivity contribution in [2.45, 2.75) is 12.5 Å². The van der Waals surface area contributed by atoms with E-state index in [0.29, 0.717) is 19.3 Å². The highest BCUT2D eigenvalue weighted by Gasteiger charge is 2.20. The number of nitrogens with one attached hydrogen (secondary N) is 1. The number of para-hydroxylation sites is 1. The van der Waals surface area contributed by atoms with Gasteiger partial charge in [0.15, 0.2) is 11.5 Å². The monoisotopic (exact) mass is 237 g/mol. The lowest BCUT2D eigenvalue weighted by molar-refractivity contribution is 0.172. The van der Waals surface area contributed by atoms with Gasteiger partial charge in [-0.05, 0) is 24.3 Å². The second-order valence-electron chi connectivity index (χ2n) is 4.03. The zero-order valence-corrected chi connectivity index (χ0v) is 9.89. The van der Waals surface area contributed by atoms with Crippen LogP contribution in [0.15, 0.2) is 18.2 Å². The van der Waals surface area contributed by atoms with Gasteiger partial charge in [0.2, 0.25) is 0 Å². The van der Waals surface area contributed by atoms with E-state index < -0.39 is 0 Å². The Morgan fingerprint density at radius 1 is 1.25 bits per heavy atom. The summed E-state index contributed by atoms with van der Waals surface area (Å²) in [6, 6.07) is 6.61. The van der Waals surface area contributed by atoms with Crippen LogP contribution in [0.1, 0.15) is 6.42 Å². The summed E-state index contributed by atoms with van der Waals surface area (Å²) in [5.74, 6) is 4.18. The van der Waals surface area contributed by atoms with Crippen molar-refractivity contribution in [3.05, 3.63) is 18.2 Å². The van der Waals surface area contributed by atoms with Crippen molar-refractivity contribution in [2.75, 3.05) is 30.0 Å². The van der Waals surface area contributed by atoms with Crippen LogP contribution in [0.25, 0.3) is 0 Å². The standard InChI is InChI=1S/C12H15NO2S/c1-2-10(13-9-4-7-16-8-9)12-11(3-1)14-5-6-15-12/h1-3,9,13H,4-8H2. The molecule has 1 unspecified atom stereocenters. The van der Waals surface area contributed by atoms with Gasteiger partial charge in [-0.2, -0.15) is 11.8 Å². The van der Waals surface area contributed by atoms with Crippen LogP contribution in [-0.2, 0) is 0 Å². The molecule has 0 bridgehead atoms. The summed E-state index contributed by atoms with van der Waals surface area (Å²) in [6.45, 7) is 1.29. The highest BCUT2D eigenvalue weighted by atomic mass is 32.2. The third kappa shape index (κ3) is 1.94. The Morgan fingerprint density at radius 2 is 2.19 bits per heavy atom. The number of hydrogen-bond donors (Lipinski definition) is 1. The van der Waals surface area contributed by atoms with E-state index in [-0.39, 0.29) is 0 Å². The van der Waals surface area contributed by atoms with Crippen molar-refractivity contribution in [1.29, 1.82) is 0 Å². The lowest BCUT2D eigenvalue weighted by atomic mass is 10.2. The first kappa shape index (κ1) is 10.1. The molecule has 2 aliphatic rings. The number of benzene rings is 1. The number of rotatable bonds is 2. The third-order valence-corrected chi connectivity index (χ3v) is 4.02. The molecule has 2 heterocycles. The molecule has 1 aromatic carbocycles. The van der Waals surface area contributed by atoms with E-state index in [1.807, 2.05) is 23.9 Å². The molecule has 86 valence electrons. The van der Waals surface area contributed by atoms with E-state index in [9.17, 15) is 0 Å². The van der Waals surface area contributed by atoms with Gasteiger partial charge in [0, 0.05) is 11.8 Å². The van der Waals surface area contributed by atoms with E-state index >= 15 is 0 Å². The van der Waals surface area contributed by atoms with Crippen LogP contribution < -0.4 is 14.8 Å². The smallest absolute Gasteiger partial charge is 0.184 e. The number of fused-ring (bicyclic) bond motifs is 1. The van der Waals surface area contributed by atoms with Gasteiger partial charge in [0.1, 0.15) is 13.2 Å². The van der Waals surface area contributed by atoms with Gasteiger partial charge in [-0.3, -0.25) is 0 Å². The molecule has 1 N–H and O–H groups in total. The van der Waals surface area contributed by atoms with Crippen LogP contribution in [0.4, 0.5) is 5.69 Å². The molecule has 1 saturated heterocycles. The largest absolute Gasteiger partial charge is 0.486 e. The van der Waals surface area contributed by atoms with Gasteiger partial charge >= 0.3 is 0 Å². The summed E-state index contributed by atoms with van der Waals surface area (Å²) >= 11 is 2.00. The van der Waals surface area contributed by atoms with Crippen molar-refractivity contribution in [2.24, 2.45) is 0 Å². The Balaban J connectivity index is 1.82. The summed E-state index contributed by atoms with van der Waals surface area (Å²) < 4.78 is 11.2. The van der Waals surface area contributed by atoms with Crippen LogP contribution in [0.3, 0.4) is 0 Å². The molecule has 3 nitrogen and oxygen atoms in total. The molecule has 0 aromatic heterocycles. The average Bonchev–Trinajstić information content (AvgIpc) is 2.82. The Hall–Kier alpha value is -1.03. The van der Waals surface area contributed by atoms with Crippen LogP contribution in [0, 0.1) is 0 Å². The Morgan fingerprint density at radius 3 is 3.06 bits per heavy atom. The minimum absolute atomic E-state index is 0.571.